The van der Waals surface area contributed by atoms with Gasteiger partial charge in [0, 0.05) is 31.4 Å². The van der Waals surface area contributed by atoms with Crippen LogP contribution in [-0.4, -0.2) is 58.2 Å². The molecule has 1 amide bonds. The number of piperazine rings is 1. The van der Waals surface area contributed by atoms with Gasteiger partial charge in [-0.25, -0.2) is 0 Å². The smallest absolute Gasteiger partial charge is 0.232 e. The molecule has 1 aliphatic heterocycles. The molecule has 6 heteroatoms. The number of fused-ring (bicyclic) bond motifs is 1. The predicted molar refractivity (Wildman–Crippen MR) is 97.6 cm³/mol. The Bertz CT molecular complexity index is 595. The van der Waals surface area contributed by atoms with Crippen molar-refractivity contribution in [1.29, 1.82) is 0 Å². The van der Waals surface area contributed by atoms with Gasteiger partial charge in [-0.3, -0.25) is 4.79 Å². The summed E-state index contributed by atoms with van der Waals surface area (Å²) in [5.41, 5.74) is 2.54. The Balaban J connectivity index is 1.27. The summed E-state index contributed by atoms with van der Waals surface area (Å²) < 4.78 is 0. The van der Waals surface area contributed by atoms with Gasteiger partial charge in [-0.2, -0.15) is 5.10 Å². The van der Waals surface area contributed by atoms with Crippen molar-refractivity contribution in [3.8, 4) is 0 Å². The maximum Gasteiger partial charge on any atom is 0.232 e. The first kappa shape index (κ1) is 16.2. The van der Waals surface area contributed by atoms with Gasteiger partial charge in [0.15, 0.2) is 5.82 Å². The Morgan fingerprint density at radius 3 is 2.67 bits per heavy atom. The molecule has 0 unspecified atom stereocenters. The summed E-state index contributed by atoms with van der Waals surface area (Å²) in [6.45, 7) is 3.35. The number of hydrogen-bond acceptors (Lipinski definition) is 5. The van der Waals surface area contributed by atoms with E-state index in [9.17, 15) is 4.79 Å². The van der Waals surface area contributed by atoms with Gasteiger partial charge in [-0.1, -0.05) is 12.8 Å². The third kappa shape index (κ3) is 3.53. The van der Waals surface area contributed by atoms with Crippen molar-refractivity contribution >= 4 is 23.5 Å². The average Bonchev–Trinajstić information content (AvgIpc) is 3.30. The molecule has 2 heterocycles. The number of rotatable bonds is 4. The van der Waals surface area contributed by atoms with Crippen molar-refractivity contribution in [2.75, 3.05) is 36.8 Å². The van der Waals surface area contributed by atoms with E-state index in [1.807, 2.05) is 16.7 Å². The highest BCUT2D eigenvalue weighted by molar-refractivity contribution is 8.00. The van der Waals surface area contributed by atoms with Crippen molar-refractivity contribution in [3.63, 3.8) is 0 Å². The van der Waals surface area contributed by atoms with Crippen molar-refractivity contribution in [2.24, 2.45) is 0 Å². The summed E-state index contributed by atoms with van der Waals surface area (Å²) in [5, 5.41) is 9.51. The van der Waals surface area contributed by atoms with Crippen LogP contribution in [0.1, 0.15) is 43.4 Å². The van der Waals surface area contributed by atoms with E-state index in [0.717, 1.165) is 50.1 Å². The van der Waals surface area contributed by atoms with Crippen LogP contribution in [0.3, 0.4) is 0 Å². The van der Waals surface area contributed by atoms with E-state index in [0.29, 0.717) is 11.7 Å². The van der Waals surface area contributed by atoms with Gasteiger partial charge < -0.3 is 9.80 Å². The second kappa shape index (κ2) is 7.30. The normalized spacial score (nSPS) is 21.3. The van der Waals surface area contributed by atoms with Gasteiger partial charge in [0.1, 0.15) is 0 Å². The first-order chi connectivity index (χ1) is 11.8. The number of hydrogen-bond donors (Lipinski definition) is 0. The maximum absolute atomic E-state index is 12.4. The molecule has 24 heavy (non-hydrogen) atoms. The number of anilines is 1. The van der Waals surface area contributed by atoms with Crippen molar-refractivity contribution < 1.29 is 4.79 Å². The fourth-order valence-electron chi connectivity index (χ4n) is 3.99. The standard InChI is InChI=1S/C18H26N4OS/c23-18(13-24-15-5-1-2-6-15)22-10-8-21(9-11-22)17-12-14-4-3-7-16(14)19-20-17/h12,15H,1-11,13H2. The van der Waals surface area contributed by atoms with E-state index in [-0.39, 0.29) is 0 Å². The molecule has 4 rings (SSSR count). The average molecular weight is 347 g/mol. The Morgan fingerprint density at radius 2 is 1.88 bits per heavy atom. The molecule has 3 aliphatic rings. The van der Waals surface area contributed by atoms with E-state index < -0.39 is 0 Å². The molecule has 0 bridgehead atoms. The van der Waals surface area contributed by atoms with Gasteiger partial charge in [0.2, 0.25) is 5.91 Å². The van der Waals surface area contributed by atoms with E-state index >= 15 is 0 Å². The SMILES string of the molecule is O=C(CSC1CCCC1)N1CCN(c2cc3c(nn2)CCC3)CC1. The van der Waals surface area contributed by atoms with Crippen LogP contribution in [0.4, 0.5) is 5.82 Å². The molecular weight excluding hydrogens is 320 g/mol. The highest BCUT2D eigenvalue weighted by Crippen LogP contribution is 2.29. The third-order valence-electron chi connectivity index (χ3n) is 5.51. The molecule has 130 valence electrons. The molecule has 0 spiro atoms. The van der Waals surface area contributed by atoms with E-state index in [1.54, 1.807) is 0 Å². The molecule has 1 aromatic heterocycles. The fourth-order valence-corrected chi connectivity index (χ4v) is 5.22. The molecule has 1 aromatic rings. The quantitative estimate of drug-likeness (QED) is 0.837. The molecule has 0 N–H and O–H groups in total. The number of nitrogens with zero attached hydrogens (tertiary/aromatic N) is 4. The minimum absolute atomic E-state index is 0.312. The van der Waals surface area contributed by atoms with Crippen LogP contribution in [0.25, 0.3) is 0 Å². The minimum atomic E-state index is 0.312. The van der Waals surface area contributed by atoms with Crippen LogP contribution in [0, 0.1) is 0 Å². The van der Waals surface area contributed by atoms with Crippen molar-refractivity contribution in [3.05, 3.63) is 17.3 Å². The molecule has 5 nitrogen and oxygen atoms in total. The van der Waals surface area contributed by atoms with Gasteiger partial charge in [-0.05, 0) is 43.7 Å². The van der Waals surface area contributed by atoms with Crippen LogP contribution < -0.4 is 4.90 Å². The van der Waals surface area contributed by atoms with Crippen LogP contribution in [0.15, 0.2) is 6.07 Å². The van der Waals surface area contributed by atoms with Crippen LogP contribution in [-0.2, 0) is 17.6 Å². The number of carbonyl (C=O) groups is 1. The largest absolute Gasteiger partial charge is 0.352 e. The van der Waals surface area contributed by atoms with Gasteiger partial charge in [0.05, 0.1) is 11.4 Å². The molecule has 0 radical (unpaired) electrons. The number of thioether (sulfide) groups is 1. The zero-order chi connectivity index (χ0) is 16.4. The molecule has 0 aromatic carbocycles. The second-order valence-electron chi connectivity index (χ2n) is 7.11. The third-order valence-corrected chi connectivity index (χ3v) is 6.86. The van der Waals surface area contributed by atoms with Gasteiger partial charge in [-0.15, -0.1) is 16.9 Å². The number of aromatic nitrogens is 2. The lowest BCUT2D eigenvalue weighted by atomic mass is 10.2. The summed E-state index contributed by atoms with van der Waals surface area (Å²) in [7, 11) is 0. The number of carbonyl (C=O) groups excluding carboxylic acids is 1. The summed E-state index contributed by atoms with van der Waals surface area (Å²) in [6.07, 6.45) is 8.68. The van der Waals surface area contributed by atoms with E-state index in [2.05, 4.69) is 21.2 Å². The predicted octanol–water partition coefficient (Wildman–Crippen LogP) is 2.29. The summed E-state index contributed by atoms with van der Waals surface area (Å²) in [6, 6.07) is 2.21. The summed E-state index contributed by atoms with van der Waals surface area (Å²) in [4.78, 5) is 16.7. The van der Waals surface area contributed by atoms with E-state index in [4.69, 9.17) is 0 Å². The van der Waals surface area contributed by atoms with Crippen LogP contribution in [0.5, 0.6) is 0 Å². The fraction of sp³-hybridized carbons (Fsp3) is 0.722. The van der Waals surface area contributed by atoms with E-state index in [1.165, 1.54) is 43.4 Å². The first-order valence-electron chi connectivity index (χ1n) is 9.29. The van der Waals surface area contributed by atoms with Crippen molar-refractivity contribution in [1.82, 2.24) is 15.1 Å². The molecular formula is C18H26N4OS. The molecule has 2 fully saturated rings. The lowest BCUT2D eigenvalue weighted by Gasteiger charge is -2.35. The maximum atomic E-state index is 12.4. The first-order valence-corrected chi connectivity index (χ1v) is 10.3. The molecule has 0 atom stereocenters. The Labute approximate surface area is 148 Å². The molecule has 1 saturated heterocycles. The molecule has 2 aliphatic carbocycles. The molecule has 1 saturated carbocycles. The monoisotopic (exact) mass is 346 g/mol. The Kier molecular flexibility index (Phi) is 4.92. The Hall–Kier alpha value is -1.30. The van der Waals surface area contributed by atoms with Gasteiger partial charge in [0.25, 0.3) is 0 Å². The topological polar surface area (TPSA) is 49.3 Å². The lowest BCUT2D eigenvalue weighted by molar-refractivity contribution is -0.128. The number of aryl methyl sites for hydroxylation is 2. The highest BCUT2D eigenvalue weighted by Gasteiger charge is 2.24. The zero-order valence-corrected chi connectivity index (χ0v) is 15.1. The minimum Gasteiger partial charge on any atom is -0.352 e. The lowest BCUT2D eigenvalue weighted by Crippen LogP contribution is -2.49. The summed E-state index contributed by atoms with van der Waals surface area (Å²) in [5.74, 6) is 1.96. The van der Waals surface area contributed by atoms with Crippen molar-refractivity contribution in [2.45, 2.75) is 50.2 Å². The zero-order valence-electron chi connectivity index (χ0n) is 14.2. The number of amides is 1. The Morgan fingerprint density at radius 1 is 1.08 bits per heavy atom. The van der Waals surface area contributed by atoms with Crippen LogP contribution >= 0.6 is 11.8 Å². The second-order valence-corrected chi connectivity index (χ2v) is 8.40. The highest BCUT2D eigenvalue weighted by atomic mass is 32.2. The van der Waals surface area contributed by atoms with Crippen LogP contribution in [0.2, 0.25) is 0 Å². The summed E-state index contributed by atoms with van der Waals surface area (Å²) >= 11 is 1.87. The van der Waals surface area contributed by atoms with Gasteiger partial charge >= 0.3 is 0 Å².